The van der Waals surface area contributed by atoms with Crippen molar-refractivity contribution in [1.29, 1.82) is 0 Å². The van der Waals surface area contributed by atoms with Crippen molar-refractivity contribution in [3.63, 3.8) is 0 Å². The molecule has 1 aromatic heterocycles. The Kier molecular flexibility index (Phi) is 3.36. The van der Waals surface area contributed by atoms with Gasteiger partial charge in [-0.3, -0.25) is 14.8 Å². The summed E-state index contributed by atoms with van der Waals surface area (Å²) in [6.45, 7) is 0.134. The van der Waals surface area contributed by atoms with Crippen molar-refractivity contribution in [2.45, 2.75) is 0 Å². The number of hydrogen-bond acceptors (Lipinski definition) is 3. The number of aromatic nitrogens is 1. The number of benzene rings is 1. The molecule has 2 aromatic rings. The van der Waals surface area contributed by atoms with E-state index in [0.29, 0.717) is 0 Å². The Hall–Kier alpha value is -2.01. The monoisotopic (exact) mass is 329 g/mol. The van der Waals surface area contributed by atoms with E-state index in [0.717, 1.165) is 27.1 Å². The molecule has 1 amide bonds. The first-order valence-electron chi connectivity index (χ1n) is 6.19. The first-order valence-corrected chi connectivity index (χ1v) is 6.98. The zero-order chi connectivity index (χ0) is 14.1. The fraction of sp³-hybridized carbons (Fsp3) is 0.133. The Labute approximate surface area is 125 Å². The number of anilines is 1. The van der Waals surface area contributed by atoms with Gasteiger partial charge in [-0.1, -0.05) is 22.0 Å². The van der Waals surface area contributed by atoms with Crippen molar-refractivity contribution >= 4 is 33.2 Å². The first-order chi connectivity index (χ1) is 9.66. The van der Waals surface area contributed by atoms with Gasteiger partial charge in [0.25, 0.3) is 0 Å². The third kappa shape index (κ3) is 2.25. The molecule has 0 radical (unpaired) electrons. The number of benzodiazepines with no additional fused rings is 1. The number of nitrogens with zero attached hydrogens (tertiary/aromatic N) is 3. The number of carbonyl (C=O) groups excluding carboxylic acids is 1. The molecule has 0 saturated carbocycles. The Morgan fingerprint density at radius 2 is 2.10 bits per heavy atom. The van der Waals surface area contributed by atoms with Gasteiger partial charge in [-0.25, -0.2) is 0 Å². The van der Waals surface area contributed by atoms with Crippen LogP contribution in [-0.4, -0.2) is 30.2 Å². The smallest absolute Gasteiger partial charge is 0.248 e. The third-order valence-corrected chi connectivity index (χ3v) is 3.72. The molecule has 2 heterocycles. The van der Waals surface area contributed by atoms with Gasteiger partial charge in [-0.2, -0.15) is 0 Å². The molecular weight excluding hydrogens is 318 g/mol. The van der Waals surface area contributed by atoms with Crippen LogP contribution in [0.4, 0.5) is 5.69 Å². The molecule has 3 rings (SSSR count). The van der Waals surface area contributed by atoms with Crippen LogP contribution >= 0.6 is 15.9 Å². The molecule has 1 aliphatic rings. The average molecular weight is 330 g/mol. The maximum absolute atomic E-state index is 12.0. The molecule has 5 heteroatoms. The van der Waals surface area contributed by atoms with E-state index < -0.39 is 0 Å². The lowest BCUT2D eigenvalue weighted by Gasteiger charge is -2.17. The van der Waals surface area contributed by atoms with Gasteiger partial charge in [-0.05, 0) is 30.3 Å². The quantitative estimate of drug-likeness (QED) is 0.807. The van der Waals surface area contributed by atoms with Crippen LogP contribution in [0.1, 0.15) is 11.3 Å². The number of amides is 1. The SMILES string of the molecule is CN1C(=O)CN=C(c2ccccn2)c2cc(Br)ccc21. The summed E-state index contributed by atoms with van der Waals surface area (Å²) < 4.78 is 0.947. The number of likely N-dealkylation sites (N-methyl/N-ethyl adjacent to an activating group) is 1. The van der Waals surface area contributed by atoms with Crippen LogP contribution in [0.15, 0.2) is 52.1 Å². The zero-order valence-corrected chi connectivity index (χ0v) is 12.5. The largest absolute Gasteiger partial charge is 0.313 e. The summed E-state index contributed by atoms with van der Waals surface area (Å²) in [6.07, 6.45) is 1.73. The van der Waals surface area contributed by atoms with E-state index >= 15 is 0 Å². The van der Waals surface area contributed by atoms with Crippen molar-refractivity contribution in [3.8, 4) is 0 Å². The molecule has 0 N–H and O–H groups in total. The van der Waals surface area contributed by atoms with Gasteiger partial charge in [0.15, 0.2) is 0 Å². The standard InChI is InChI=1S/C15H12BrN3O/c1-19-13-6-5-10(16)8-11(13)15(18-9-14(19)20)12-4-2-3-7-17-12/h2-8H,9H2,1H3. The first kappa shape index (κ1) is 13.0. The van der Waals surface area contributed by atoms with E-state index in [1.807, 2.05) is 36.4 Å². The number of halogens is 1. The number of fused-ring (bicyclic) bond motifs is 1. The number of hydrogen-bond donors (Lipinski definition) is 0. The second-order valence-corrected chi connectivity index (χ2v) is 5.41. The molecule has 0 saturated heterocycles. The highest BCUT2D eigenvalue weighted by Crippen LogP contribution is 2.28. The van der Waals surface area contributed by atoms with Gasteiger partial charge in [0, 0.05) is 23.3 Å². The van der Waals surface area contributed by atoms with E-state index in [4.69, 9.17) is 0 Å². The Morgan fingerprint density at radius 3 is 2.85 bits per heavy atom. The molecule has 1 aromatic carbocycles. The third-order valence-electron chi connectivity index (χ3n) is 3.23. The van der Waals surface area contributed by atoms with Gasteiger partial charge in [-0.15, -0.1) is 0 Å². The second kappa shape index (κ2) is 5.17. The van der Waals surface area contributed by atoms with Crippen LogP contribution in [0.25, 0.3) is 0 Å². The lowest BCUT2D eigenvalue weighted by atomic mass is 10.0. The number of pyridine rings is 1. The molecule has 4 nitrogen and oxygen atoms in total. The summed E-state index contributed by atoms with van der Waals surface area (Å²) in [4.78, 5) is 22.5. The van der Waals surface area contributed by atoms with Gasteiger partial charge in [0.1, 0.15) is 6.54 Å². The van der Waals surface area contributed by atoms with Crippen LogP contribution < -0.4 is 4.90 Å². The van der Waals surface area contributed by atoms with Crippen LogP contribution in [-0.2, 0) is 4.79 Å². The predicted octanol–water partition coefficient (Wildman–Crippen LogP) is 2.66. The summed E-state index contributed by atoms with van der Waals surface area (Å²) in [5.41, 5.74) is 3.28. The molecule has 0 unspecified atom stereocenters. The molecule has 20 heavy (non-hydrogen) atoms. The molecule has 0 bridgehead atoms. The van der Waals surface area contributed by atoms with Crippen LogP contribution in [0.5, 0.6) is 0 Å². The van der Waals surface area contributed by atoms with Crippen molar-refractivity contribution in [1.82, 2.24) is 4.98 Å². The van der Waals surface area contributed by atoms with E-state index in [2.05, 4.69) is 25.9 Å². The maximum atomic E-state index is 12.0. The van der Waals surface area contributed by atoms with E-state index in [1.165, 1.54) is 0 Å². The summed E-state index contributed by atoms with van der Waals surface area (Å²) >= 11 is 3.47. The predicted molar refractivity (Wildman–Crippen MR) is 82.3 cm³/mol. The fourth-order valence-corrected chi connectivity index (χ4v) is 2.55. The summed E-state index contributed by atoms with van der Waals surface area (Å²) in [6, 6.07) is 11.5. The molecular formula is C15H12BrN3O. The van der Waals surface area contributed by atoms with Crippen LogP contribution in [0.2, 0.25) is 0 Å². The van der Waals surface area contributed by atoms with Crippen LogP contribution in [0, 0.1) is 0 Å². The summed E-state index contributed by atoms with van der Waals surface area (Å²) in [7, 11) is 1.77. The Balaban J connectivity index is 2.23. The maximum Gasteiger partial charge on any atom is 0.248 e. The van der Waals surface area contributed by atoms with E-state index in [1.54, 1.807) is 18.1 Å². The van der Waals surface area contributed by atoms with Gasteiger partial charge in [0.2, 0.25) is 5.91 Å². The minimum Gasteiger partial charge on any atom is -0.313 e. The second-order valence-electron chi connectivity index (χ2n) is 4.49. The minimum atomic E-state index is -0.0282. The molecule has 100 valence electrons. The highest BCUT2D eigenvalue weighted by Gasteiger charge is 2.22. The average Bonchev–Trinajstić information content (AvgIpc) is 2.58. The van der Waals surface area contributed by atoms with Crippen molar-refractivity contribution < 1.29 is 4.79 Å². The van der Waals surface area contributed by atoms with E-state index in [9.17, 15) is 4.79 Å². The van der Waals surface area contributed by atoms with Gasteiger partial charge >= 0.3 is 0 Å². The lowest BCUT2D eigenvalue weighted by molar-refractivity contribution is -0.116. The van der Waals surface area contributed by atoms with Crippen molar-refractivity contribution in [2.75, 3.05) is 18.5 Å². The van der Waals surface area contributed by atoms with Crippen molar-refractivity contribution in [3.05, 3.63) is 58.3 Å². The topological polar surface area (TPSA) is 45.6 Å². The highest BCUT2D eigenvalue weighted by molar-refractivity contribution is 9.10. The van der Waals surface area contributed by atoms with Crippen LogP contribution in [0.3, 0.4) is 0 Å². The molecule has 0 aliphatic carbocycles. The van der Waals surface area contributed by atoms with Crippen molar-refractivity contribution in [2.24, 2.45) is 4.99 Å². The van der Waals surface area contributed by atoms with Gasteiger partial charge < -0.3 is 4.90 Å². The number of carbonyl (C=O) groups is 1. The summed E-state index contributed by atoms with van der Waals surface area (Å²) in [5.74, 6) is -0.0282. The minimum absolute atomic E-state index is 0.0282. The number of rotatable bonds is 1. The Morgan fingerprint density at radius 1 is 1.25 bits per heavy atom. The molecule has 1 aliphatic heterocycles. The molecule has 0 atom stereocenters. The Bertz CT molecular complexity index is 698. The zero-order valence-electron chi connectivity index (χ0n) is 10.9. The lowest BCUT2D eigenvalue weighted by Crippen LogP contribution is -2.27. The summed E-state index contributed by atoms with van der Waals surface area (Å²) in [5, 5.41) is 0. The highest BCUT2D eigenvalue weighted by atomic mass is 79.9. The molecule has 0 fully saturated rings. The normalized spacial score (nSPS) is 14.6. The molecule has 0 spiro atoms. The number of aliphatic imine (C=N–C) groups is 1. The van der Waals surface area contributed by atoms with E-state index in [-0.39, 0.29) is 12.5 Å². The fourth-order valence-electron chi connectivity index (χ4n) is 2.18. The van der Waals surface area contributed by atoms with Gasteiger partial charge in [0.05, 0.1) is 17.1 Å².